The van der Waals surface area contributed by atoms with Gasteiger partial charge in [0.2, 0.25) is 0 Å². The molecule has 0 aromatic heterocycles. The maximum Gasteiger partial charge on any atom is 0.257 e. The molecule has 0 unspecified atom stereocenters. The second-order valence-corrected chi connectivity index (χ2v) is 3.39. The normalized spacial score (nSPS) is 12.4. The van der Waals surface area contributed by atoms with Crippen molar-refractivity contribution in [3.63, 3.8) is 0 Å². The first-order valence-corrected chi connectivity index (χ1v) is 4.30. The molecule has 1 atom stereocenters. The topological polar surface area (TPSA) is 26.0 Å². The van der Waals surface area contributed by atoms with Crippen LogP contribution in [0.5, 0.6) is 0 Å². The first kappa shape index (κ1) is 13.7. The number of benzene rings is 1. The van der Waals surface area contributed by atoms with Gasteiger partial charge in [0, 0.05) is 0 Å². The third-order valence-electron chi connectivity index (χ3n) is 1.60. The van der Waals surface area contributed by atoms with Gasteiger partial charge in [-0.25, -0.2) is 13.2 Å². The van der Waals surface area contributed by atoms with Gasteiger partial charge in [0.15, 0.2) is 0 Å². The average molecular weight is 291 g/mol. The number of halogens is 5. The monoisotopic (exact) mass is 289 g/mol. The highest BCUT2D eigenvalue weighted by atomic mass is 79.9. The van der Waals surface area contributed by atoms with Crippen LogP contribution in [0.15, 0.2) is 22.7 Å². The van der Waals surface area contributed by atoms with Gasteiger partial charge in [-0.15, -0.1) is 12.4 Å². The fraction of sp³-hybridized carbons (Fsp3) is 0.250. The lowest BCUT2D eigenvalue weighted by molar-refractivity contribution is 0.116. The molecule has 1 aromatic rings. The van der Waals surface area contributed by atoms with E-state index in [2.05, 4.69) is 15.9 Å². The first-order chi connectivity index (χ1) is 6.02. The van der Waals surface area contributed by atoms with Crippen molar-refractivity contribution in [2.24, 2.45) is 5.73 Å². The number of hydrogen-bond acceptors (Lipinski definition) is 1. The molecule has 0 aliphatic heterocycles. The van der Waals surface area contributed by atoms with Crippen LogP contribution in [-0.4, -0.2) is 6.43 Å². The van der Waals surface area contributed by atoms with E-state index < -0.39 is 18.3 Å². The fourth-order valence-corrected chi connectivity index (χ4v) is 1.26. The Labute approximate surface area is 94.0 Å². The molecule has 0 saturated carbocycles. The molecule has 1 rings (SSSR count). The van der Waals surface area contributed by atoms with Gasteiger partial charge >= 0.3 is 0 Å². The number of alkyl halides is 2. The lowest BCUT2D eigenvalue weighted by atomic mass is 10.1. The molecule has 1 aromatic carbocycles. The van der Waals surface area contributed by atoms with Gasteiger partial charge in [-0.05, 0) is 33.6 Å². The minimum atomic E-state index is -2.64. The van der Waals surface area contributed by atoms with Crippen molar-refractivity contribution >= 4 is 28.3 Å². The van der Waals surface area contributed by atoms with Gasteiger partial charge in [-0.3, -0.25) is 0 Å². The largest absolute Gasteiger partial charge is 0.319 e. The first-order valence-electron chi connectivity index (χ1n) is 3.51. The maximum absolute atomic E-state index is 12.7. The SMILES string of the molecule is Cl.N[C@H](c1ccc(F)c(Br)c1)C(F)F. The summed E-state index contributed by atoms with van der Waals surface area (Å²) < 4.78 is 37.1. The Kier molecular flexibility index (Phi) is 5.48. The molecule has 0 aliphatic carbocycles. The zero-order valence-electron chi connectivity index (χ0n) is 6.88. The van der Waals surface area contributed by atoms with Crippen LogP contribution < -0.4 is 5.73 Å². The summed E-state index contributed by atoms with van der Waals surface area (Å²) >= 11 is 2.89. The van der Waals surface area contributed by atoms with E-state index in [0.717, 1.165) is 6.07 Å². The van der Waals surface area contributed by atoms with Crippen molar-refractivity contribution in [3.8, 4) is 0 Å². The van der Waals surface area contributed by atoms with Crippen LogP contribution in [0.3, 0.4) is 0 Å². The molecule has 0 amide bonds. The molecule has 0 bridgehead atoms. The van der Waals surface area contributed by atoms with Crippen molar-refractivity contribution in [3.05, 3.63) is 34.1 Å². The molecule has 14 heavy (non-hydrogen) atoms. The quantitative estimate of drug-likeness (QED) is 0.889. The summed E-state index contributed by atoms with van der Waals surface area (Å²) in [5.74, 6) is -0.495. The standard InChI is InChI=1S/C8H7BrF3N.ClH/c9-5-3-4(1-2-6(5)10)7(13)8(11)12;/h1-3,7-8H,13H2;1H/t7-;/m1./s1. The molecule has 0 aliphatic rings. The summed E-state index contributed by atoms with van der Waals surface area (Å²) in [6, 6.07) is 2.24. The van der Waals surface area contributed by atoms with E-state index in [1.54, 1.807) is 0 Å². The summed E-state index contributed by atoms with van der Waals surface area (Å²) in [6.45, 7) is 0. The van der Waals surface area contributed by atoms with E-state index in [-0.39, 0.29) is 22.4 Å². The van der Waals surface area contributed by atoms with Crippen molar-refractivity contribution < 1.29 is 13.2 Å². The summed E-state index contributed by atoms with van der Waals surface area (Å²) in [5, 5.41) is 0. The Bertz CT molecular complexity index is 309. The highest BCUT2D eigenvalue weighted by Crippen LogP contribution is 2.23. The summed E-state index contributed by atoms with van der Waals surface area (Å²) in [7, 11) is 0. The molecule has 6 heteroatoms. The molecule has 0 fully saturated rings. The van der Waals surface area contributed by atoms with Gasteiger partial charge in [0.25, 0.3) is 6.43 Å². The van der Waals surface area contributed by atoms with Crippen LogP contribution in [0.1, 0.15) is 11.6 Å². The van der Waals surface area contributed by atoms with Crippen molar-refractivity contribution in [1.82, 2.24) is 0 Å². The predicted octanol–water partition coefficient (Wildman–Crippen LogP) is 3.27. The van der Waals surface area contributed by atoms with Crippen molar-refractivity contribution in [1.29, 1.82) is 0 Å². The van der Waals surface area contributed by atoms with Gasteiger partial charge < -0.3 is 5.73 Å². The minimum Gasteiger partial charge on any atom is -0.319 e. The number of nitrogens with two attached hydrogens (primary N) is 1. The van der Waals surface area contributed by atoms with Crippen LogP contribution in [0.2, 0.25) is 0 Å². The minimum absolute atomic E-state index is 0. The zero-order chi connectivity index (χ0) is 10.0. The predicted molar refractivity (Wildman–Crippen MR) is 54.3 cm³/mol. The fourth-order valence-electron chi connectivity index (χ4n) is 0.865. The van der Waals surface area contributed by atoms with E-state index >= 15 is 0 Å². The smallest absolute Gasteiger partial charge is 0.257 e. The molecule has 0 spiro atoms. The number of hydrogen-bond donors (Lipinski definition) is 1. The molecular formula is C8H8BrClF3N. The second kappa shape index (κ2) is 5.58. The molecule has 0 saturated heterocycles. The third-order valence-corrected chi connectivity index (χ3v) is 2.21. The Morgan fingerprint density at radius 3 is 2.29 bits per heavy atom. The van der Waals surface area contributed by atoms with Gasteiger partial charge in [0.1, 0.15) is 5.82 Å². The average Bonchev–Trinajstić information content (AvgIpc) is 2.08. The van der Waals surface area contributed by atoms with Crippen LogP contribution >= 0.6 is 28.3 Å². The van der Waals surface area contributed by atoms with Crippen molar-refractivity contribution in [2.45, 2.75) is 12.5 Å². The summed E-state index contributed by atoms with van der Waals surface area (Å²) in [6.07, 6.45) is -2.64. The van der Waals surface area contributed by atoms with Crippen LogP contribution in [0.4, 0.5) is 13.2 Å². The molecule has 80 valence electrons. The maximum atomic E-state index is 12.7. The lowest BCUT2D eigenvalue weighted by Crippen LogP contribution is -2.18. The van der Waals surface area contributed by atoms with E-state index in [1.165, 1.54) is 12.1 Å². The zero-order valence-corrected chi connectivity index (χ0v) is 9.29. The molecule has 1 nitrogen and oxygen atoms in total. The van der Waals surface area contributed by atoms with E-state index in [4.69, 9.17) is 5.73 Å². The Morgan fingerprint density at radius 1 is 1.29 bits per heavy atom. The van der Waals surface area contributed by atoms with Crippen LogP contribution in [-0.2, 0) is 0 Å². The van der Waals surface area contributed by atoms with Crippen molar-refractivity contribution in [2.75, 3.05) is 0 Å². The molecule has 0 radical (unpaired) electrons. The van der Waals surface area contributed by atoms with Gasteiger partial charge in [0.05, 0.1) is 10.5 Å². The van der Waals surface area contributed by atoms with Gasteiger partial charge in [-0.2, -0.15) is 0 Å². The third kappa shape index (κ3) is 3.15. The van der Waals surface area contributed by atoms with Crippen LogP contribution in [0.25, 0.3) is 0 Å². The molecule has 2 N–H and O–H groups in total. The highest BCUT2D eigenvalue weighted by Gasteiger charge is 2.17. The van der Waals surface area contributed by atoms with E-state index in [9.17, 15) is 13.2 Å². The van der Waals surface area contributed by atoms with E-state index in [0.29, 0.717) is 0 Å². The highest BCUT2D eigenvalue weighted by molar-refractivity contribution is 9.10. The number of rotatable bonds is 2. The molecule has 0 heterocycles. The molecular weight excluding hydrogens is 282 g/mol. The van der Waals surface area contributed by atoms with E-state index in [1.807, 2.05) is 0 Å². The lowest BCUT2D eigenvalue weighted by Gasteiger charge is -2.10. The Morgan fingerprint density at radius 2 is 1.86 bits per heavy atom. The second-order valence-electron chi connectivity index (χ2n) is 2.53. The summed E-state index contributed by atoms with van der Waals surface area (Å²) in [5.41, 5.74) is 5.37. The Balaban J connectivity index is 0.00000169. The summed E-state index contributed by atoms with van der Waals surface area (Å²) in [4.78, 5) is 0. The van der Waals surface area contributed by atoms with Crippen LogP contribution in [0, 0.1) is 5.82 Å². The van der Waals surface area contributed by atoms with Gasteiger partial charge in [-0.1, -0.05) is 6.07 Å². The Hall–Kier alpha value is -0.260.